The molecule has 4 rings (SSSR count). The number of aliphatic hydroxyl groups excluding tert-OH is 1. The van der Waals surface area contributed by atoms with Crippen LogP contribution in [0.1, 0.15) is 10.4 Å². The summed E-state index contributed by atoms with van der Waals surface area (Å²) in [5.74, 6) is -0.715. The zero-order valence-electron chi connectivity index (χ0n) is 17.2. The van der Waals surface area contributed by atoms with Crippen LogP contribution >= 0.6 is 0 Å². The lowest BCUT2D eigenvalue weighted by Gasteiger charge is -2.15. The van der Waals surface area contributed by atoms with Gasteiger partial charge in [0.2, 0.25) is 0 Å². The molecule has 0 saturated carbocycles. The lowest BCUT2D eigenvalue weighted by Crippen LogP contribution is -2.46. The molecule has 2 amide bonds. The van der Waals surface area contributed by atoms with E-state index in [1.807, 2.05) is 72.8 Å². The molecule has 0 saturated heterocycles. The molecule has 0 aliphatic carbocycles. The monoisotopic (exact) mass is 426 g/mol. The highest BCUT2D eigenvalue weighted by atomic mass is 16.3. The van der Waals surface area contributed by atoms with Crippen LogP contribution in [0, 0.1) is 0 Å². The number of nitrogens with one attached hydrogen (secondary N) is 3. The summed E-state index contributed by atoms with van der Waals surface area (Å²) < 4.78 is 0. The third-order valence-electron chi connectivity index (χ3n) is 4.97. The van der Waals surface area contributed by atoms with E-state index < -0.39 is 24.5 Å². The van der Waals surface area contributed by atoms with Crippen molar-refractivity contribution < 1.29 is 14.7 Å². The fourth-order valence-electron chi connectivity index (χ4n) is 3.25. The molecule has 32 heavy (non-hydrogen) atoms. The molecule has 0 aliphatic heterocycles. The van der Waals surface area contributed by atoms with Crippen molar-refractivity contribution in [2.75, 3.05) is 11.9 Å². The topological polar surface area (TPSA) is 107 Å². The smallest absolute Gasteiger partial charge is 0.251 e. The summed E-state index contributed by atoms with van der Waals surface area (Å²) in [5.41, 5.74) is 4.07. The quantitative estimate of drug-likeness (QED) is 0.363. The molecule has 7 heteroatoms. The van der Waals surface area contributed by atoms with Gasteiger partial charge in [-0.1, -0.05) is 72.8 Å². The maximum atomic E-state index is 12.6. The average molecular weight is 426 g/mol. The summed E-state index contributed by atoms with van der Waals surface area (Å²) >= 11 is 0. The van der Waals surface area contributed by atoms with Crippen LogP contribution in [0.3, 0.4) is 0 Å². The number of benzene rings is 3. The van der Waals surface area contributed by atoms with E-state index in [1.54, 1.807) is 18.2 Å². The van der Waals surface area contributed by atoms with E-state index in [-0.39, 0.29) is 0 Å². The molecule has 0 bridgehead atoms. The van der Waals surface area contributed by atoms with Crippen molar-refractivity contribution in [1.29, 1.82) is 0 Å². The maximum Gasteiger partial charge on any atom is 0.251 e. The molecule has 4 N–H and O–H groups in total. The van der Waals surface area contributed by atoms with Gasteiger partial charge in [0.25, 0.3) is 11.8 Å². The first kappa shape index (κ1) is 21.0. The fourth-order valence-corrected chi connectivity index (χ4v) is 3.25. The van der Waals surface area contributed by atoms with Crippen molar-refractivity contribution in [1.82, 2.24) is 15.5 Å². The molecule has 0 unspecified atom stereocenters. The standard InChI is InChI=1S/C25H22N4O3/c30-16-22(25(32)27-23-15-21(28-29-23)19-9-5-2-6-10-19)26-24(31)20-13-11-18(12-14-20)17-7-3-1-4-8-17/h1-15,22,30H,16H2,(H,26,31)(H2,27,28,29,32)/t22-/m0/s1. The Morgan fingerprint density at radius 2 is 1.44 bits per heavy atom. The number of rotatable bonds is 7. The Bertz CT molecular complexity index is 1190. The number of anilines is 1. The van der Waals surface area contributed by atoms with Gasteiger partial charge in [0.1, 0.15) is 6.04 Å². The van der Waals surface area contributed by atoms with Gasteiger partial charge in [-0.15, -0.1) is 0 Å². The van der Waals surface area contributed by atoms with Crippen LogP contribution in [0.4, 0.5) is 5.82 Å². The number of aromatic amines is 1. The Hall–Kier alpha value is -4.23. The van der Waals surface area contributed by atoms with E-state index in [9.17, 15) is 14.7 Å². The van der Waals surface area contributed by atoms with E-state index in [1.165, 1.54) is 0 Å². The predicted molar refractivity (Wildman–Crippen MR) is 123 cm³/mol. The first-order valence-corrected chi connectivity index (χ1v) is 10.1. The third kappa shape index (κ3) is 4.91. The number of carbonyl (C=O) groups is 2. The number of hydrogen-bond acceptors (Lipinski definition) is 4. The number of nitrogens with zero attached hydrogens (tertiary/aromatic N) is 1. The Morgan fingerprint density at radius 1 is 0.844 bits per heavy atom. The van der Waals surface area contributed by atoms with Crippen LogP contribution < -0.4 is 10.6 Å². The zero-order chi connectivity index (χ0) is 22.3. The number of H-pyrrole nitrogens is 1. The highest BCUT2D eigenvalue weighted by molar-refractivity contribution is 6.01. The molecular formula is C25H22N4O3. The van der Waals surface area contributed by atoms with Crippen molar-refractivity contribution in [2.24, 2.45) is 0 Å². The van der Waals surface area contributed by atoms with Gasteiger partial charge in [-0.05, 0) is 28.8 Å². The number of hydrogen-bond donors (Lipinski definition) is 4. The fraction of sp³-hybridized carbons (Fsp3) is 0.0800. The Labute approximate surface area is 185 Å². The van der Waals surface area contributed by atoms with Gasteiger partial charge in [-0.25, -0.2) is 0 Å². The summed E-state index contributed by atoms with van der Waals surface area (Å²) in [6, 6.07) is 27.0. The maximum absolute atomic E-state index is 12.6. The SMILES string of the molecule is O=C(N[C@@H](CO)C(=O)Nc1cc(-c2ccccc2)[nH]n1)c1ccc(-c2ccccc2)cc1. The summed E-state index contributed by atoms with van der Waals surface area (Å²) in [7, 11) is 0. The highest BCUT2D eigenvalue weighted by Crippen LogP contribution is 2.20. The molecule has 0 spiro atoms. The van der Waals surface area contributed by atoms with Crippen LogP contribution in [-0.4, -0.2) is 39.8 Å². The zero-order valence-corrected chi connectivity index (χ0v) is 17.2. The number of carbonyl (C=O) groups excluding carboxylic acids is 2. The summed E-state index contributed by atoms with van der Waals surface area (Å²) in [6.45, 7) is -0.546. The van der Waals surface area contributed by atoms with Crippen molar-refractivity contribution in [3.05, 3.63) is 96.6 Å². The minimum atomic E-state index is -1.12. The first-order chi connectivity index (χ1) is 15.6. The van der Waals surface area contributed by atoms with Crippen molar-refractivity contribution in [3.8, 4) is 22.4 Å². The third-order valence-corrected chi connectivity index (χ3v) is 4.97. The Morgan fingerprint density at radius 3 is 2.06 bits per heavy atom. The molecule has 0 aliphatic rings. The Kier molecular flexibility index (Phi) is 6.38. The lowest BCUT2D eigenvalue weighted by molar-refractivity contribution is -0.118. The molecular weight excluding hydrogens is 404 g/mol. The molecule has 0 radical (unpaired) electrons. The van der Waals surface area contributed by atoms with E-state index >= 15 is 0 Å². The molecule has 4 aromatic rings. The van der Waals surface area contributed by atoms with E-state index in [0.29, 0.717) is 11.4 Å². The predicted octanol–water partition coefficient (Wildman–Crippen LogP) is 3.47. The van der Waals surface area contributed by atoms with Crippen molar-refractivity contribution in [3.63, 3.8) is 0 Å². The van der Waals surface area contributed by atoms with Gasteiger partial charge in [0, 0.05) is 11.6 Å². The van der Waals surface area contributed by atoms with E-state index in [0.717, 1.165) is 22.4 Å². The van der Waals surface area contributed by atoms with Crippen molar-refractivity contribution in [2.45, 2.75) is 6.04 Å². The second-order valence-electron chi connectivity index (χ2n) is 7.17. The molecule has 1 aromatic heterocycles. The van der Waals surface area contributed by atoms with Crippen LogP contribution in [-0.2, 0) is 4.79 Å². The summed E-state index contributed by atoms with van der Waals surface area (Å²) in [4.78, 5) is 25.1. The first-order valence-electron chi connectivity index (χ1n) is 10.1. The normalized spacial score (nSPS) is 11.5. The number of aromatic nitrogens is 2. The summed E-state index contributed by atoms with van der Waals surface area (Å²) in [6.07, 6.45) is 0. The molecule has 3 aromatic carbocycles. The average Bonchev–Trinajstić information content (AvgIpc) is 3.32. The largest absolute Gasteiger partial charge is 0.394 e. The number of aliphatic hydroxyl groups is 1. The molecule has 1 atom stereocenters. The molecule has 1 heterocycles. The second kappa shape index (κ2) is 9.72. The lowest BCUT2D eigenvalue weighted by atomic mass is 10.0. The van der Waals surface area contributed by atoms with Crippen LogP contribution in [0.5, 0.6) is 0 Å². The molecule has 7 nitrogen and oxygen atoms in total. The Balaban J connectivity index is 1.39. The minimum Gasteiger partial charge on any atom is -0.394 e. The summed E-state index contributed by atoms with van der Waals surface area (Å²) in [5, 5.41) is 21.7. The highest BCUT2D eigenvalue weighted by Gasteiger charge is 2.21. The second-order valence-corrected chi connectivity index (χ2v) is 7.17. The van der Waals surface area contributed by atoms with Gasteiger partial charge < -0.3 is 15.7 Å². The van der Waals surface area contributed by atoms with E-state index in [4.69, 9.17) is 0 Å². The molecule has 160 valence electrons. The van der Waals surface area contributed by atoms with Gasteiger partial charge in [0.15, 0.2) is 5.82 Å². The van der Waals surface area contributed by atoms with Crippen LogP contribution in [0.15, 0.2) is 91.0 Å². The van der Waals surface area contributed by atoms with Gasteiger partial charge in [0.05, 0.1) is 12.3 Å². The van der Waals surface area contributed by atoms with E-state index in [2.05, 4.69) is 20.8 Å². The van der Waals surface area contributed by atoms with Crippen LogP contribution in [0.2, 0.25) is 0 Å². The minimum absolute atomic E-state index is 0.300. The van der Waals surface area contributed by atoms with Crippen molar-refractivity contribution >= 4 is 17.6 Å². The number of amides is 2. The van der Waals surface area contributed by atoms with Gasteiger partial charge in [-0.3, -0.25) is 14.7 Å². The van der Waals surface area contributed by atoms with Gasteiger partial charge in [-0.2, -0.15) is 5.10 Å². The van der Waals surface area contributed by atoms with Gasteiger partial charge >= 0.3 is 0 Å². The van der Waals surface area contributed by atoms with Crippen LogP contribution in [0.25, 0.3) is 22.4 Å². The molecule has 0 fully saturated rings.